The minimum Gasteiger partial charge on any atom is -0.481 e. The highest BCUT2D eigenvalue weighted by molar-refractivity contribution is 6.30. The van der Waals surface area contributed by atoms with Gasteiger partial charge in [-0.3, -0.25) is 4.79 Å². The quantitative estimate of drug-likeness (QED) is 0.814. The fourth-order valence-electron chi connectivity index (χ4n) is 1.05. The third-order valence-electron chi connectivity index (χ3n) is 1.77. The number of hydrogen-bond acceptors (Lipinski definition) is 2. The van der Waals surface area contributed by atoms with E-state index in [-0.39, 0.29) is 11.4 Å². The fourth-order valence-corrected chi connectivity index (χ4v) is 1.24. The summed E-state index contributed by atoms with van der Waals surface area (Å²) in [5.41, 5.74) is 6.07. The lowest BCUT2D eigenvalue weighted by molar-refractivity contribution is -0.137. The van der Waals surface area contributed by atoms with Gasteiger partial charge in [0.15, 0.2) is 0 Å². The van der Waals surface area contributed by atoms with Gasteiger partial charge in [-0.2, -0.15) is 0 Å². The van der Waals surface area contributed by atoms with Crippen molar-refractivity contribution in [1.29, 1.82) is 0 Å². The molecule has 0 aromatic heterocycles. The Bertz CT molecular complexity index is 357. The average molecular weight is 218 g/mol. The zero-order chi connectivity index (χ0) is 10.7. The summed E-state index contributed by atoms with van der Waals surface area (Å²) < 4.78 is 12.7. The van der Waals surface area contributed by atoms with Gasteiger partial charge in [0.05, 0.1) is 11.4 Å². The molecule has 0 radical (unpaired) electrons. The van der Waals surface area contributed by atoms with Crippen LogP contribution in [0.1, 0.15) is 18.0 Å². The number of aliphatic carboxylic acids is 1. The van der Waals surface area contributed by atoms with Crippen molar-refractivity contribution in [2.45, 2.75) is 12.5 Å². The first kappa shape index (κ1) is 10.9. The number of benzene rings is 1. The maximum Gasteiger partial charge on any atom is 0.305 e. The zero-order valence-corrected chi connectivity index (χ0v) is 7.96. The Morgan fingerprint density at radius 2 is 2.29 bits per heavy atom. The molecule has 1 atom stereocenters. The van der Waals surface area contributed by atoms with E-state index in [1.165, 1.54) is 18.2 Å². The molecular weight excluding hydrogens is 209 g/mol. The van der Waals surface area contributed by atoms with Gasteiger partial charge in [-0.25, -0.2) is 4.39 Å². The van der Waals surface area contributed by atoms with Crippen molar-refractivity contribution in [2.75, 3.05) is 0 Å². The molecule has 5 heteroatoms. The summed E-state index contributed by atoms with van der Waals surface area (Å²) in [6.45, 7) is 0. The van der Waals surface area contributed by atoms with E-state index in [9.17, 15) is 9.18 Å². The largest absolute Gasteiger partial charge is 0.481 e. The lowest BCUT2D eigenvalue weighted by Crippen LogP contribution is -2.14. The molecule has 0 aliphatic carbocycles. The second kappa shape index (κ2) is 4.39. The van der Waals surface area contributed by atoms with Crippen molar-refractivity contribution in [1.82, 2.24) is 0 Å². The summed E-state index contributed by atoms with van der Waals surface area (Å²) in [4.78, 5) is 10.3. The van der Waals surface area contributed by atoms with Crippen LogP contribution in [0.3, 0.4) is 0 Å². The minimum atomic E-state index is -1.00. The molecule has 3 nitrogen and oxygen atoms in total. The Morgan fingerprint density at radius 3 is 2.79 bits per heavy atom. The molecule has 0 bridgehead atoms. The smallest absolute Gasteiger partial charge is 0.305 e. The minimum absolute atomic E-state index is 0.0525. The molecule has 76 valence electrons. The number of halogens is 2. The summed E-state index contributed by atoms with van der Waals surface area (Å²) in [5, 5.41) is 8.43. The van der Waals surface area contributed by atoms with Gasteiger partial charge in [0.25, 0.3) is 0 Å². The van der Waals surface area contributed by atoms with Crippen LogP contribution in [0, 0.1) is 5.82 Å². The van der Waals surface area contributed by atoms with Gasteiger partial charge in [0, 0.05) is 6.04 Å². The standard InChI is InChI=1S/C9H9ClFNO2/c10-6-3-5(1-2-7(6)11)8(12)4-9(13)14/h1-3,8H,4,12H2,(H,13,14). The van der Waals surface area contributed by atoms with E-state index in [0.29, 0.717) is 5.56 Å². The Labute approximate surface area is 85.3 Å². The molecule has 0 amide bonds. The van der Waals surface area contributed by atoms with Gasteiger partial charge in [0.1, 0.15) is 5.82 Å². The van der Waals surface area contributed by atoms with E-state index in [1.807, 2.05) is 0 Å². The van der Waals surface area contributed by atoms with Crippen molar-refractivity contribution in [3.8, 4) is 0 Å². The molecule has 14 heavy (non-hydrogen) atoms. The van der Waals surface area contributed by atoms with Crippen LogP contribution in [0.5, 0.6) is 0 Å². The van der Waals surface area contributed by atoms with Crippen LogP contribution in [0.15, 0.2) is 18.2 Å². The van der Waals surface area contributed by atoms with Crippen LogP contribution < -0.4 is 5.73 Å². The normalized spacial score (nSPS) is 12.5. The number of rotatable bonds is 3. The second-order valence-corrected chi connectivity index (χ2v) is 3.29. The highest BCUT2D eigenvalue weighted by atomic mass is 35.5. The van der Waals surface area contributed by atoms with Crippen LogP contribution in [0.4, 0.5) is 4.39 Å². The molecular formula is C9H9ClFNO2. The summed E-state index contributed by atoms with van der Waals surface area (Å²) in [6, 6.07) is 3.27. The highest BCUT2D eigenvalue weighted by Crippen LogP contribution is 2.21. The van der Waals surface area contributed by atoms with Crippen LogP contribution in [0.25, 0.3) is 0 Å². The molecule has 1 rings (SSSR count). The number of hydrogen-bond donors (Lipinski definition) is 2. The highest BCUT2D eigenvalue weighted by Gasteiger charge is 2.11. The van der Waals surface area contributed by atoms with Crippen molar-refractivity contribution in [2.24, 2.45) is 5.73 Å². The lowest BCUT2D eigenvalue weighted by Gasteiger charge is -2.09. The van der Waals surface area contributed by atoms with Gasteiger partial charge >= 0.3 is 5.97 Å². The first-order valence-electron chi connectivity index (χ1n) is 3.93. The summed E-state index contributed by atoms with van der Waals surface area (Å²) in [5.74, 6) is -1.55. The predicted molar refractivity (Wildman–Crippen MR) is 50.6 cm³/mol. The van der Waals surface area contributed by atoms with Crippen LogP contribution in [0.2, 0.25) is 5.02 Å². The topological polar surface area (TPSA) is 63.3 Å². The van der Waals surface area contributed by atoms with Gasteiger partial charge in [-0.15, -0.1) is 0 Å². The predicted octanol–water partition coefficient (Wildman–Crippen LogP) is 1.95. The number of carboxylic acids is 1. The van der Waals surface area contributed by atoms with E-state index in [4.69, 9.17) is 22.4 Å². The monoisotopic (exact) mass is 217 g/mol. The van der Waals surface area contributed by atoms with E-state index in [1.54, 1.807) is 0 Å². The molecule has 1 aromatic rings. The third kappa shape index (κ3) is 2.68. The van der Waals surface area contributed by atoms with E-state index in [2.05, 4.69) is 0 Å². The summed E-state index contributed by atoms with van der Waals surface area (Å²) >= 11 is 5.52. The van der Waals surface area contributed by atoms with Crippen LogP contribution in [-0.2, 0) is 4.79 Å². The van der Waals surface area contributed by atoms with Gasteiger partial charge in [0.2, 0.25) is 0 Å². The molecule has 0 spiro atoms. The number of carboxylic acid groups (broad SMARTS) is 1. The van der Waals surface area contributed by atoms with Crippen LogP contribution >= 0.6 is 11.6 Å². The van der Waals surface area contributed by atoms with E-state index >= 15 is 0 Å². The molecule has 3 N–H and O–H groups in total. The zero-order valence-electron chi connectivity index (χ0n) is 7.21. The maximum absolute atomic E-state index is 12.7. The molecule has 0 aliphatic heterocycles. The van der Waals surface area contributed by atoms with Gasteiger partial charge in [-0.1, -0.05) is 17.7 Å². The molecule has 1 aromatic carbocycles. The molecule has 0 saturated carbocycles. The summed E-state index contributed by atoms with van der Waals surface area (Å²) in [6.07, 6.45) is -0.206. The SMILES string of the molecule is NC(CC(=O)O)c1ccc(F)c(Cl)c1. The van der Waals surface area contributed by atoms with Crippen molar-refractivity contribution >= 4 is 17.6 Å². The number of carbonyl (C=O) groups is 1. The number of nitrogens with two attached hydrogens (primary N) is 1. The fraction of sp³-hybridized carbons (Fsp3) is 0.222. The molecule has 0 aliphatic rings. The van der Waals surface area contributed by atoms with Crippen molar-refractivity contribution in [3.05, 3.63) is 34.6 Å². The molecule has 0 heterocycles. The second-order valence-electron chi connectivity index (χ2n) is 2.88. The Kier molecular flexibility index (Phi) is 3.43. The lowest BCUT2D eigenvalue weighted by atomic mass is 10.1. The average Bonchev–Trinajstić information content (AvgIpc) is 2.08. The first-order chi connectivity index (χ1) is 6.50. The van der Waals surface area contributed by atoms with Gasteiger partial charge in [-0.05, 0) is 17.7 Å². The van der Waals surface area contributed by atoms with Crippen LogP contribution in [-0.4, -0.2) is 11.1 Å². The molecule has 1 unspecified atom stereocenters. The van der Waals surface area contributed by atoms with Gasteiger partial charge < -0.3 is 10.8 Å². The van der Waals surface area contributed by atoms with Crippen molar-refractivity contribution in [3.63, 3.8) is 0 Å². The summed E-state index contributed by atoms with van der Waals surface area (Å²) in [7, 11) is 0. The van der Waals surface area contributed by atoms with E-state index in [0.717, 1.165) is 0 Å². The molecule has 0 saturated heterocycles. The third-order valence-corrected chi connectivity index (χ3v) is 2.06. The Hall–Kier alpha value is -1.13. The maximum atomic E-state index is 12.7. The van der Waals surface area contributed by atoms with Crippen molar-refractivity contribution < 1.29 is 14.3 Å². The molecule has 0 fully saturated rings. The Morgan fingerprint density at radius 1 is 1.64 bits per heavy atom. The first-order valence-corrected chi connectivity index (χ1v) is 4.31. The Balaban J connectivity index is 2.85. The van der Waals surface area contributed by atoms with E-state index < -0.39 is 17.8 Å².